The highest BCUT2D eigenvalue weighted by Gasteiger charge is 2.03. The molecule has 1 amide bonds. The van der Waals surface area contributed by atoms with Crippen LogP contribution in [-0.4, -0.2) is 12.5 Å². The van der Waals surface area contributed by atoms with Gasteiger partial charge in [-0.1, -0.05) is 17.2 Å². The first-order valence-electron chi connectivity index (χ1n) is 4.66. The van der Waals surface area contributed by atoms with Crippen LogP contribution >= 0.6 is 0 Å². The topological polar surface area (TPSA) is 77.9 Å². The summed E-state index contributed by atoms with van der Waals surface area (Å²) in [7, 11) is 0. The van der Waals surface area contributed by atoms with E-state index < -0.39 is 0 Å². The van der Waals surface area contributed by atoms with Crippen molar-refractivity contribution in [3.63, 3.8) is 0 Å². The standard InChI is InChI=1S/C10H12N4O/c1-2-12-10(15)9-5-3-4-8(6-9)7-13-14-11/h3-6H,2,7H2,1H3,(H,12,15). The molecule has 15 heavy (non-hydrogen) atoms. The minimum atomic E-state index is -0.111. The minimum Gasteiger partial charge on any atom is -0.352 e. The second-order valence-electron chi connectivity index (χ2n) is 2.95. The number of amides is 1. The summed E-state index contributed by atoms with van der Waals surface area (Å²) in [5, 5.41) is 6.14. The number of rotatable bonds is 4. The summed E-state index contributed by atoms with van der Waals surface area (Å²) in [4.78, 5) is 14.1. The van der Waals surface area contributed by atoms with Crippen molar-refractivity contribution >= 4 is 5.91 Å². The highest BCUT2D eigenvalue weighted by molar-refractivity contribution is 5.94. The first-order valence-corrected chi connectivity index (χ1v) is 4.66. The van der Waals surface area contributed by atoms with E-state index in [0.29, 0.717) is 12.1 Å². The van der Waals surface area contributed by atoms with Gasteiger partial charge in [0.05, 0.1) is 6.54 Å². The zero-order valence-corrected chi connectivity index (χ0v) is 8.47. The van der Waals surface area contributed by atoms with Gasteiger partial charge in [-0.25, -0.2) is 0 Å². The summed E-state index contributed by atoms with van der Waals surface area (Å²) in [6.45, 7) is 2.73. The second kappa shape index (κ2) is 5.67. The number of carbonyl (C=O) groups excluding carboxylic acids is 1. The molecular formula is C10H12N4O. The predicted octanol–water partition coefficient (Wildman–Crippen LogP) is 2.25. The molecule has 0 aliphatic carbocycles. The lowest BCUT2D eigenvalue weighted by Gasteiger charge is -2.03. The van der Waals surface area contributed by atoms with Crippen LogP contribution in [0.15, 0.2) is 29.4 Å². The molecule has 0 unspecified atom stereocenters. The first-order chi connectivity index (χ1) is 7.27. The molecule has 0 spiro atoms. The third-order valence-corrected chi connectivity index (χ3v) is 1.84. The Morgan fingerprint density at radius 1 is 1.60 bits per heavy atom. The smallest absolute Gasteiger partial charge is 0.251 e. The van der Waals surface area contributed by atoms with Gasteiger partial charge in [-0.2, -0.15) is 0 Å². The van der Waals surface area contributed by atoms with E-state index in [4.69, 9.17) is 5.53 Å². The van der Waals surface area contributed by atoms with E-state index in [1.165, 1.54) is 0 Å². The molecule has 0 aromatic heterocycles. The molecule has 0 fully saturated rings. The molecule has 1 N–H and O–H groups in total. The van der Waals surface area contributed by atoms with Crippen LogP contribution in [0.3, 0.4) is 0 Å². The maximum Gasteiger partial charge on any atom is 0.251 e. The van der Waals surface area contributed by atoms with Crippen LogP contribution in [0.2, 0.25) is 0 Å². The molecule has 0 radical (unpaired) electrons. The Balaban J connectivity index is 2.82. The average Bonchev–Trinajstić information content (AvgIpc) is 2.27. The fourth-order valence-corrected chi connectivity index (χ4v) is 1.19. The van der Waals surface area contributed by atoms with E-state index in [0.717, 1.165) is 5.56 Å². The van der Waals surface area contributed by atoms with E-state index in [1.54, 1.807) is 18.2 Å². The van der Waals surface area contributed by atoms with Crippen molar-refractivity contribution in [2.45, 2.75) is 13.5 Å². The van der Waals surface area contributed by atoms with Crippen molar-refractivity contribution < 1.29 is 4.79 Å². The fourth-order valence-electron chi connectivity index (χ4n) is 1.19. The van der Waals surface area contributed by atoms with E-state index in [2.05, 4.69) is 15.3 Å². The maximum atomic E-state index is 11.5. The number of nitrogens with one attached hydrogen (secondary N) is 1. The van der Waals surface area contributed by atoms with Crippen LogP contribution < -0.4 is 5.32 Å². The average molecular weight is 204 g/mol. The van der Waals surface area contributed by atoms with Gasteiger partial charge in [0.2, 0.25) is 0 Å². The van der Waals surface area contributed by atoms with Crippen LogP contribution in [0.5, 0.6) is 0 Å². The SMILES string of the molecule is CCNC(=O)c1cccc(CN=[N+]=[N-])c1. The maximum absolute atomic E-state index is 11.5. The van der Waals surface area contributed by atoms with Gasteiger partial charge in [0.25, 0.3) is 5.91 Å². The van der Waals surface area contributed by atoms with Crippen molar-refractivity contribution in [2.24, 2.45) is 5.11 Å². The Kier molecular flexibility index (Phi) is 4.19. The Morgan fingerprint density at radius 2 is 2.40 bits per heavy atom. The lowest BCUT2D eigenvalue weighted by atomic mass is 10.1. The summed E-state index contributed by atoms with van der Waals surface area (Å²) < 4.78 is 0. The van der Waals surface area contributed by atoms with Crippen LogP contribution in [0.1, 0.15) is 22.8 Å². The van der Waals surface area contributed by atoms with Gasteiger partial charge in [0.1, 0.15) is 0 Å². The van der Waals surface area contributed by atoms with Gasteiger partial charge in [-0.15, -0.1) is 0 Å². The molecular weight excluding hydrogens is 192 g/mol. The normalized spacial score (nSPS) is 9.13. The number of nitrogens with zero attached hydrogens (tertiary/aromatic N) is 3. The predicted molar refractivity (Wildman–Crippen MR) is 57.3 cm³/mol. The Morgan fingerprint density at radius 3 is 3.07 bits per heavy atom. The Bertz CT molecular complexity index is 396. The molecule has 0 atom stereocenters. The third kappa shape index (κ3) is 3.32. The summed E-state index contributed by atoms with van der Waals surface area (Å²) in [6.07, 6.45) is 0. The highest BCUT2D eigenvalue weighted by Crippen LogP contribution is 2.06. The summed E-state index contributed by atoms with van der Waals surface area (Å²) in [5.41, 5.74) is 9.59. The summed E-state index contributed by atoms with van der Waals surface area (Å²) in [6, 6.07) is 7.04. The van der Waals surface area contributed by atoms with Crippen molar-refractivity contribution in [1.29, 1.82) is 0 Å². The fraction of sp³-hybridized carbons (Fsp3) is 0.300. The minimum absolute atomic E-state index is 0.111. The first kappa shape index (κ1) is 11.1. The Labute approximate surface area is 87.7 Å². The molecule has 1 aromatic rings. The lowest BCUT2D eigenvalue weighted by molar-refractivity contribution is 0.0955. The lowest BCUT2D eigenvalue weighted by Crippen LogP contribution is -2.22. The molecule has 1 aromatic carbocycles. The number of carbonyl (C=O) groups is 1. The van der Waals surface area contributed by atoms with Crippen molar-refractivity contribution in [2.75, 3.05) is 6.54 Å². The van der Waals surface area contributed by atoms with Crippen molar-refractivity contribution in [3.05, 3.63) is 45.8 Å². The quantitative estimate of drug-likeness (QED) is 0.455. The van der Waals surface area contributed by atoms with E-state index in [1.807, 2.05) is 13.0 Å². The zero-order valence-electron chi connectivity index (χ0n) is 8.47. The van der Waals surface area contributed by atoms with Crippen LogP contribution in [-0.2, 0) is 6.54 Å². The van der Waals surface area contributed by atoms with E-state index in [-0.39, 0.29) is 12.5 Å². The largest absolute Gasteiger partial charge is 0.352 e. The Hall–Kier alpha value is -2.00. The molecule has 78 valence electrons. The molecule has 0 aliphatic rings. The van der Waals surface area contributed by atoms with Gasteiger partial charge < -0.3 is 5.32 Å². The van der Waals surface area contributed by atoms with E-state index >= 15 is 0 Å². The molecule has 0 aliphatic heterocycles. The van der Waals surface area contributed by atoms with Crippen LogP contribution in [0.4, 0.5) is 0 Å². The zero-order chi connectivity index (χ0) is 11.1. The van der Waals surface area contributed by atoms with Gasteiger partial charge in [0.15, 0.2) is 0 Å². The molecule has 0 heterocycles. The van der Waals surface area contributed by atoms with Crippen LogP contribution in [0, 0.1) is 0 Å². The molecule has 1 rings (SSSR count). The molecule has 0 bridgehead atoms. The number of azide groups is 1. The summed E-state index contributed by atoms with van der Waals surface area (Å²) in [5.74, 6) is -0.111. The van der Waals surface area contributed by atoms with Crippen molar-refractivity contribution in [1.82, 2.24) is 5.32 Å². The second-order valence-corrected chi connectivity index (χ2v) is 2.95. The number of hydrogen-bond acceptors (Lipinski definition) is 2. The van der Waals surface area contributed by atoms with Gasteiger partial charge in [0, 0.05) is 17.0 Å². The number of benzene rings is 1. The molecule has 0 saturated carbocycles. The number of hydrogen-bond donors (Lipinski definition) is 1. The van der Waals surface area contributed by atoms with Crippen molar-refractivity contribution in [3.8, 4) is 0 Å². The molecule has 0 saturated heterocycles. The van der Waals surface area contributed by atoms with Gasteiger partial charge in [-0.3, -0.25) is 4.79 Å². The molecule has 5 nitrogen and oxygen atoms in total. The van der Waals surface area contributed by atoms with Gasteiger partial charge in [-0.05, 0) is 30.2 Å². The summed E-state index contributed by atoms with van der Waals surface area (Å²) >= 11 is 0. The third-order valence-electron chi connectivity index (χ3n) is 1.84. The van der Waals surface area contributed by atoms with E-state index in [9.17, 15) is 4.79 Å². The monoisotopic (exact) mass is 204 g/mol. The van der Waals surface area contributed by atoms with Crippen LogP contribution in [0.25, 0.3) is 10.4 Å². The van der Waals surface area contributed by atoms with Gasteiger partial charge >= 0.3 is 0 Å². The highest BCUT2D eigenvalue weighted by atomic mass is 16.1. The molecule has 5 heteroatoms.